The zero-order chi connectivity index (χ0) is 22.1. The molecule has 0 aromatic heterocycles. The molecule has 1 atom stereocenters. The van der Waals surface area contributed by atoms with Crippen LogP contribution in [0.15, 0.2) is 48.5 Å². The number of carbonyl (C=O) groups is 4. The third kappa shape index (κ3) is 7.05. The van der Waals surface area contributed by atoms with Crippen LogP contribution in [0.25, 0.3) is 0 Å². The Kier molecular flexibility index (Phi) is 8.10. The van der Waals surface area contributed by atoms with Crippen LogP contribution in [-0.2, 0) is 14.4 Å². The van der Waals surface area contributed by atoms with Crippen molar-refractivity contribution in [3.8, 4) is 0 Å². The highest BCUT2D eigenvalue weighted by Gasteiger charge is 2.19. The lowest BCUT2D eigenvalue weighted by atomic mass is 10.0. The Morgan fingerprint density at radius 2 is 1.67 bits per heavy atom. The molecule has 5 N–H and O–H groups in total. The number of aryl methyl sites for hydroxylation is 1. The summed E-state index contributed by atoms with van der Waals surface area (Å²) in [6, 6.07) is 13.6. The van der Waals surface area contributed by atoms with E-state index in [1.54, 1.807) is 24.3 Å². The number of benzene rings is 2. The van der Waals surface area contributed by atoms with Crippen LogP contribution in [0.1, 0.15) is 47.3 Å². The predicted molar refractivity (Wildman–Crippen MR) is 114 cm³/mol. The summed E-state index contributed by atoms with van der Waals surface area (Å²) in [7, 11) is 0. The molecule has 8 nitrogen and oxygen atoms in total. The molecule has 4 amide bonds. The molecule has 1 unspecified atom stereocenters. The summed E-state index contributed by atoms with van der Waals surface area (Å²) >= 11 is 0. The Morgan fingerprint density at radius 3 is 2.30 bits per heavy atom. The quantitative estimate of drug-likeness (QED) is 0.502. The van der Waals surface area contributed by atoms with Crippen LogP contribution in [0.4, 0.5) is 5.69 Å². The molecule has 8 heteroatoms. The maximum Gasteiger partial charge on any atom is 0.253 e. The molecule has 0 aliphatic carbocycles. The number of nitrogens with one attached hydrogen (secondary N) is 3. The first kappa shape index (κ1) is 22.6. The minimum absolute atomic E-state index is 0.000268. The van der Waals surface area contributed by atoms with Crippen molar-refractivity contribution in [3.63, 3.8) is 0 Å². The lowest BCUT2D eigenvalue weighted by Crippen LogP contribution is -2.31. The second-order valence-electron chi connectivity index (χ2n) is 6.93. The highest BCUT2D eigenvalue weighted by atomic mass is 16.2. The first-order valence-electron chi connectivity index (χ1n) is 9.55. The van der Waals surface area contributed by atoms with Crippen molar-refractivity contribution in [1.82, 2.24) is 10.6 Å². The van der Waals surface area contributed by atoms with E-state index in [0.29, 0.717) is 5.69 Å². The highest BCUT2D eigenvalue weighted by Crippen LogP contribution is 2.20. The van der Waals surface area contributed by atoms with E-state index < -0.39 is 17.9 Å². The van der Waals surface area contributed by atoms with E-state index in [1.807, 2.05) is 31.2 Å². The van der Waals surface area contributed by atoms with Crippen molar-refractivity contribution >= 4 is 29.3 Å². The normalized spacial score (nSPS) is 11.3. The van der Waals surface area contributed by atoms with E-state index in [4.69, 9.17) is 5.73 Å². The van der Waals surface area contributed by atoms with Crippen LogP contribution in [-0.4, -0.2) is 30.2 Å². The molecule has 0 aliphatic rings. The summed E-state index contributed by atoms with van der Waals surface area (Å²) in [4.78, 5) is 47.5. The maximum absolute atomic E-state index is 12.7. The number of para-hydroxylation sites is 1. The lowest BCUT2D eigenvalue weighted by molar-refractivity contribution is -0.121. The van der Waals surface area contributed by atoms with Gasteiger partial charge in [-0.25, -0.2) is 0 Å². The van der Waals surface area contributed by atoms with Crippen LogP contribution in [0.3, 0.4) is 0 Å². The number of hydrogen-bond acceptors (Lipinski definition) is 4. The van der Waals surface area contributed by atoms with Gasteiger partial charge in [-0.3, -0.25) is 19.2 Å². The number of primary amides is 1. The Bertz CT molecular complexity index is 925. The maximum atomic E-state index is 12.7. The van der Waals surface area contributed by atoms with Gasteiger partial charge in [0.05, 0.1) is 23.7 Å². The van der Waals surface area contributed by atoms with Crippen LogP contribution in [0.5, 0.6) is 0 Å². The Labute approximate surface area is 175 Å². The molecule has 0 saturated carbocycles. The molecule has 0 aliphatic heterocycles. The lowest BCUT2D eigenvalue weighted by Gasteiger charge is -2.19. The molecule has 0 heterocycles. The van der Waals surface area contributed by atoms with E-state index >= 15 is 0 Å². The molecular formula is C22H26N4O4. The molecule has 0 radical (unpaired) electrons. The number of anilines is 1. The van der Waals surface area contributed by atoms with Gasteiger partial charge in [-0.2, -0.15) is 0 Å². The third-order valence-electron chi connectivity index (χ3n) is 4.35. The summed E-state index contributed by atoms with van der Waals surface area (Å²) < 4.78 is 0. The van der Waals surface area contributed by atoms with E-state index in [0.717, 1.165) is 11.1 Å². The standard InChI is InChI=1S/C22H26N4O4/c1-14-7-9-16(10-8-14)19(25-15(2)27)13-21(29)26-18-6-4-3-5-17(18)22(30)24-12-11-20(23)28/h3-10,19H,11-13H2,1-2H3,(H2,23,28)(H,24,30)(H,25,27)(H,26,29). The SMILES string of the molecule is CC(=O)NC(CC(=O)Nc1ccccc1C(=O)NCCC(N)=O)c1ccc(C)cc1. The average Bonchev–Trinajstić information content (AvgIpc) is 2.67. The van der Waals surface area contributed by atoms with Gasteiger partial charge in [0, 0.05) is 19.9 Å². The molecule has 0 fully saturated rings. The van der Waals surface area contributed by atoms with Crippen molar-refractivity contribution < 1.29 is 19.2 Å². The molecule has 158 valence electrons. The second-order valence-corrected chi connectivity index (χ2v) is 6.93. The summed E-state index contributed by atoms with van der Waals surface area (Å²) in [5.41, 5.74) is 7.56. The van der Waals surface area contributed by atoms with E-state index in [1.165, 1.54) is 6.92 Å². The molecular weight excluding hydrogens is 384 g/mol. The summed E-state index contributed by atoms with van der Waals surface area (Å²) in [5, 5.41) is 8.11. The van der Waals surface area contributed by atoms with Gasteiger partial charge in [0.25, 0.3) is 5.91 Å². The van der Waals surface area contributed by atoms with E-state index in [2.05, 4.69) is 16.0 Å². The Hall–Kier alpha value is -3.68. The summed E-state index contributed by atoms with van der Waals surface area (Å²) in [5.74, 6) is -1.55. The van der Waals surface area contributed by atoms with Crippen molar-refractivity contribution in [2.45, 2.75) is 32.7 Å². The van der Waals surface area contributed by atoms with Crippen molar-refractivity contribution in [3.05, 3.63) is 65.2 Å². The highest BCUT2D eigenvalue weighted by molar-refractivity contribution is 6.04. The number of rotatable bonds is 9. The molecule has 2 aromatic rings. The van der Waals surface area contributed by atoms with Gasteiger partial charge < -0.3 is 21.7 Å². The Balaban J connectivity index is 2.10. The monoisotopic (exact) mass is 410 g/mol. The zero-order valence-corrected chi connectivity index (χ0v) is 17.0. The molecule has 0 spiro atoms. The fourth-order valence-corrected chi connectivity index (χ4v) is 2.87. The Morgan fingerprint density at radius 1 is 1.00 bits per heavy atom. The number of carbonyl (C=O) groups excluding carboxylic acids is 4. The fraction of sp³-hybridized carbons (Fsp3) is 0.273. The molecule has 2 rings (SSSR count). The largest absolute Gasteiger partial charge is 0.370 e. The van der Waals surface area contributed by atoms with E-state index in [9.17, 15) is 19.2 Å². The number of amides is 4. The average molecular weight is 410 g/mol. The van der Waals surface area contributed by atoms with Gasteiger partial charge in [0.1, 0.15) is 0 Å². The van der Waals surface area contributed by atoms with Crippen LogP contribution in [0.2, 0.25) is 0 Å². The van der Waals surface area contributed by atoms with Gasteiger partial charge in [0.2, 0.25) is 17.7 Å². The van der Waals surface area contributed by atoms with Crippen LogP contribution >= 0.6 is 0 Å². The van der Waals surface area contributed by atoms with Crippen LogP contribution < -0.4 is 21.7 Å². The van der Waals surface area contributed by atoms with Gasteiger partial charge in [-0.05, 0) is 24.6 Å². The van der Waals surface area contributed by atoms with Crippen LogP contribution in [0, 0.1) is 6.92 Å². The second kappa shape index (κ2) is 10.8. The smallest absolute Gasteiger partial charge is 0.253 e. The molecule has 30 heavy (non-hydrogen) atoms. The van der Waals surface area contributed by atoms with Gasteiger partial charge in [0.15, 0.2) is 0 Å². The summed E-state index contributed by atoms with van der Waals surface area (Å²) in [6.07, 6.45) is 0.0233. The predicted octanol–water partition coefficient (Wildman–Crippen LogP) is 1.81. The number of nitrogens with two attached hydrogens (primary N) is 1. The minimum atomic E-state index is -0.517. The molecule has 0 saturated heterocycles. The van der Waals surface area contributed by atoms with Gasteiger partial charge in [-0.15, -0.1) is 0 Å². The first-order chi connectivity index (χ1) is 14.3. The molecule has 2 aromatic carbocycles. The first-order valence-corrected chi connectivity index (χ1v) is 9.55. The molecule has 0 bridgehead atoms. The van der Waals surface area contributed by atoms with Gasteiger partial charge >= 0.3 is 0 Å². The summed E-state index contributed by atoms with van der Waals surface area (Å²) in [6.45, 7) is 3.45. The van der Waals surface area contributed by atoms with E-state index in [-0.39, 0.29) is 36.8 Å². The van der Waals surface area contributed by atoms with Crippen molar-refractivity contribution in [1.29, 1.82) is 0 Å². The van der Waals surface area contributed by atoms with Crippen molar-refractivity contribution in [2.24, 2.45) is 5.73 Å². The third-order valence-corrected chi connectivity index (χ3v) is 4.35. The van der Waals surface area contributed by atoms with Gasteiger partial charge in [-0.1, -0.05) is 42.0 Å². The minimum Gasteiger partial charge on any atom is -0.370 e. The number of hydrogen-bond donors (Lipinski definition) is 4. The van der Waals surface area contributed by atoms with Crippen molar-refractivity contribution in [2.75, 3.05) is 11.9 Å². The zero-order valence-electron chi connectivity index (χ0n) is 17.0. The fourth-order valence-electron chi connectivity index (χ4n) is 2.87. The topological polar surface area (TPSA) is 130 Å².